The van der Waals surface area contributed by atoms with E-state index in [-0.39, 0.29) is 5.82 Å². The van der Waals surface area contributed by atoms with E-state index in [2.05, 4.69) is 0 Å². The highest BCUT2D eigenvalue weighted by atomic mass is 19.1. The fourth-order valence-electron chi connectivity index (χ4n) is 1.22. The monoisotopic (exact) mass is 183 g/mol. The molecular weight excluding hydrogens is 169 g/mol. The second-order valence-corrected chi connectivity index (χ2v) is 2.90. The van der Waals surface area contributed by atoms with Crippen molar-refractivity contribution in [2.75, 3.05) is 13.7 Å². The van der Waals surface area contributed by atoms with Crippen LogP contribution in [-0.2, 0) is 17.8 Å². The van der Waals surface area contributed by atoms with E-state index in [0.717, 1.165) is 12.0 Å². The second kappa shape index (κ2) is 4.94. The van der Waals surface area contributed by atoms with Gasteiger partial charge in [0.05, 0.1) is 6.61 Å². The van der Waals surface area contributed by atoms with Gasteiger partial charge in [-0.3, -0.25) is 0 Å². The lowest BCUT2D eigenvalue weighted by molar-refractivity contribution is 0.181. The number of rotatable bonds is 4. The van der Waals surface area contributed by atoms with Crippen LogP contribution < -0.4 is 5.73 Å². The third-order valence-corrected chi connectivity index (χ3v) is 1.84. The van der Waals surface area contributed by atoms with Gasteiger partial charge in [-0.1, -0.05) is 12.1 Å². The topological polar surface area (TPSA) is 35.2 Å². The molecule has 0 amide bonds. The maximum atomic E-state index is 13.1. The molecule has 0 saturated heterocycles. The Hall–Kier alpha value is -0.930. The molecule has 72 valence electrons. The Kier molecular flexibility index (Phi) is 3.86. The molecule has 0 aliphatic heterocycles. The second-order valence-electron chi connectivity index (χ2n) is 2.90. The molecule has 0 aromatic heterocycles. The van der Waals surface area contributed by atoms with Gasteiger partial charge >= 0.3 is 0 Å². The summed E-state index contributed by atoms with van der Waals surface area (Å²) in [6, 6.07) is 5.01. The van der Waals surface area contributed by atoms with E-state index in [1.165, 1.54) is 6.07 Å². The summed E-state index contributed by atoms with van der Waals surface area (Å²) in [5.41, 5.74) is 7.04. The van der Waals surface area contributed by atoms with E-state index in [0.29, 0.717) is 18.7 Å². The molecule has 0 spiro atoms. The molecule has 1 aromatic rings. The van der Waals surface area contributed by atoms with Crippen LogP contribution in [0, 0.1) is 5.82 Å². The number of benzene rings is 1. The SMILES string of the molecule is COCc1cc(CCN)ccc1F. The first-order valence-electron chi connectivity index (χ1n) is 4.24. The molecule has 3 heteroatoms. The third-order valence-electron chi connectivity index (χ3n) is 1.84. The van der Waals surface area contributed by atoms with Gasteiger partial charge in [-0.2, -0.15) is 0 Å². The summed E-state index contributed by atoms with van der Waals surface area (Å²) in [6.07, 6.45) is 0.775. The Morgan fingerprint density at radius 1 is 1.46 bits per heavy atom. The first-order valence-corrected chi connectivity index (χ1v) is 4.24. The predicted octanol–water partition coefficient (Wildman–Crippen LogP) is 1.47. The quantitative estimate of drug-likeness (QED) is 0.767. The largest absolute Gasteiger partial charge is 0.380 e. The van der Waals surface area contributed by atoms with Crippen LogP contribution in [0.15, 0.2) is 18.2 Å². The van der Waals surface area contributed by atoms with Crippen LogP contribution in [0.2, 0.25) is 0 Å². The van der Waals surface area contributed by atoms with Crippen LogP contribution in [0.3, 0.4) is 0 Å². The number of methoxy groups -OCH3 is 1. The molecule has 0 fully saturated rings. The van der Waals surface area contributed by atoms with Gasteiger partial charge in [-0.05, 0) is 24.6 Å². The van der Waals surface area contributed by atoms with Gasteiger partial charge < -0.3 is 10.5 Å². The van der Waals surface area contributed by atoms with Crippen molar-refractivity contribution in [2.24, 2.45) is 5.73 Å². The highest BCUT2D eigenvalue weighted by Crippen LogP contribution is 2.11. The average Bonchev–Trinajstić information content (AvgIpc) is 2.12. The highest BCUT2D eigenvalue weighted by Gasteiger charge is 2.02. The fourth-order valence-corrected chi connectivity index (χ4v) is 1.22. The molecule has 0 unspecified atom stereocenters. The molecule has 0 aliphatic carbocycles. The van der Waals surface area contributed by atoms with Crippen molar-refractivity contribution in [3.8, 4) is 0 Å². The van der Waals surface area contributed by atoms with Gasteiger partial charge in [-0.25, -0.2) is 4.39 Å². The maximum Gasteiger partial charge on any atom is 0.128 e. The minimum atomic E-state index is -0.220. The molecule has 1 aromatic carbocycles. The molecule has 0 bridgehead atoms. The maximum absolute atomic E-state index is 13.1. The molecule has 0 aliphatic rings. The number of nitrogens with two attached hydrogens (primary N) is 1. The summed E-state index contributed by atoms with van der Waals surface area (Å²) in [7, 11) is 1.55. The van der Waals surface area contributed by atoms with E-state index in [4.69, 9.17) is 10.5 Å². The lowest BCUT2D eigenvalue weighted by atomic mass is 10.1. The summed E-state index contributed by atoms with van der Waals surface area (Å²) in [6.45, 7) is 0.891. The lowest BCUT2D eigenvalue weighted by Crippen LogP contribution is -2.04. The van der Waals surface area contributed by atoms with Crippen molar-refractivity contribution in [3.63, 3.8) is 0 Å². The van der Waals surface area contributed by atoms with Gasteiger partial charge in [0.15, 0.2) is 0 Å². The number of hydrogen-bond acceptors (Lipinski definition) is 2. The first-order chi connectivity index (χ1) is 6.27. The van der Waals surface area contributed by atoms with Crippen molar-refractivity contribution in [1.29, 1.82) is 0 Å². The van der Waals surface area contributed by atoms with Crippen LogP contribution in [0.5, 0.6) is 0 Å². The van der Waals surface area contributed by atoms with E-state index in [9.17, 15) is 4.39 Å². The number of ether oxygens (including phenoxy) is 1. The van der Waals surface area contributed by atoms with Crippen molar-refractivity contribution in [1.82, 2.24) is 0 Å². The molecule has 0 heterocycles. The van der Waals surface area contributed by atoms with Crippen LogP contribution in [0.4, 0.5) is 4.39 Å². The van der Waals surface area contributed by atoms with Crippen molar-refractivity contribution >= 4 is 0 Å². The van der Waals surface area contributed by atoms with Crippen LogP contribution in [0.1, 0.15) is 11.1 Å². The van der Waals surface area contributed by atoms with Crippen LogP contribution in [-0.4, -0.2) is 13.7 Å². The van der Waals surface area contributed by atoms with Gasteiger partial charge in [0.2, 0.25) is 0 Å². The Morgan fingerprint density at radius 2 is 2.23 bits per heavy atom. The average molecular weight is 183 g/mol. The third kappa shape index (κ3) is 2.79. The highest BCUT2D eigenvalue weighted by molar-refractivity contribution is 5.24. The van der Waals surface area contributed by atoms with E-state index < -0.39 is 0 Å². The molecule has 2 N–H and O–H groups in total. The van der Waals surface area contributed by atoms with Gasteiger partial charge in [0.1, 0.15) is 5.82 Å². The zero-order chi connectivity index (χ0) is 9.68. The Labute approximate surface area is 77.5 Å². The van der Waals surface area contributed by atoms with E-state index in [1.807, 2.05) is 0 Å². The molecular formula is C10H14FNO. The fraction of sp³-hybridized carbons (Fsp3) is 0.400. The minimum Gasteiger partial charge on any atom is -0.380 e. The summed E-state index contributed by atoms with van der Waals surface area (Å²) in [4.78, 5) is 0. The number of hydrogen-bond donors (Lipinski definition) is 1. The van der Waals surface area contributed by atoms with E-state index in [1.54, 1.807) is 19.2 Å². The minimum absolute atomic E-state index is 0.220. The first kappa shape index (κ1) is 10.2. The normalized spacial score (nSPS) is 10.4. The molecule has 1 rings (SSSR count). The summed E-state index contributed by atoms with van der Waals surface area (Å²) >= 11 is 0. The van der Waals surface area contributed by atoms with Crippen LogP contribution in [0.25, 0.3) is 0 Å². The molecule has 13 heavy (non-hydrogen) atoms. The van der Waals surface area contributed by atoms with Gasteiger partial charge in [0.25, 0.3) is 0 Å². The predicted molar refractivity (Wildman–Crippen MR) is 49.9 cm³/mol. The van der Waals surface area contributed by atoms with E-state index >= 15 is 0 Å². The summed E-state index contributed by atoms with van der Waals surface area (Å²) in [5, 5.41) is 0. The summed E-state index contributed by atoms with van der Waals surface area (Å²) in [5.74, 6) is -0.220. The molecule has 0 radical (unpaired) electrons. The standard InChI is InChI=1S/C10H14FNO/c1-13-7-9-6-8(4-5-12)2-3-10(9)11/h2-3,6H,4-5,7,12H2,1H3. The zero-order valence-corrected chi connectivity index (χ0v) is 7.72. The van der Waals surface area contributed by atoms with Gasteiger partial charge in [-0.15, -0.1) is 0 Å². The molecule has 0 saturated carbocycles. The van der Waals surface area contributed by atoms with Crippen molar-refractivity contribution in [3.05, 3.63) is 35.1 Å². The molecule has 2 nitrogen and oxygen atoms in total. The zero-order valence-electron chi connectivity index (χ0n) is 7.72. The Balaban J connectivity index is 2.83. The van der Waals surface area contributed by atoms with Crippen molar-refractivity contribution in [2.45, 2.75) is 13.0 Å². The number of halogens is 1. The molecule has 0 atom stereocenters. The summed E-state index contributed by atoms with van der Waals surface area (Å²) < 4.78 is 18.0. The van der Waals surface area contributed by atoms with Gasteiger partial charge in [0, 0.05) is 12.7 Å². The Bertz CT molecular complexity index is 276. The smallest absolute Gasteiger partial charge is 0.128 e. The lowest BCUT2D eigenvalue weighted by Gasteiger charge is -2.04. The van der Waals surface area contributed by atoms with Crippen molar-refractivity contribution < 1.29 is 9.13 Å². The Morgan fingerprint density at radius 3 is 2.85 bits per heavy atom. The van der Waals surface area contributed by atoms with Crippen LogP contribution >= 0.6 is 0 Å².